The molecule has 2 fully saturated rings. The molecule has 1 amide bonds. The molecule has 3 atom stereocenters. The van der Waals surface area contributed by atoms with Gasteiger partial charge in [-0.25, -0.2) is 12.7 Å². The van der Waals surface area contributed by atoms with Crippen LogP contribution in [-0.4, -0.2) is 53.8 Å². The predicted molar refractivity (Wildman–Crippen MR) is 90.6 cm³/mol. The Labute approximate surface area is 143 Å². The lowest BCUT2D eigenvalue weighted by Crippen LogP contribution is -2.56. The summed E-state index contributed by atoms with van der Waals surface area (Å²) < 4.78 is 27.9. The molecule has 134 valence electrons. The Hall–Kier alpha value is -1.41. The Kier molecular flexibility index (Phi) is 5.24. The van der Waals surface area contributed by atoms with E-state index in [9.17, 15) is 13.2 Å². The Morgan fingerprint density at radius 1 is 1.42 bits per heavy atom. The molecule has 0 aromatic carbocycles. The molecule has 0 bridgehead atoms. The first kappa shape index (κ1) is 17.4. The second kappa shape index (κ2) is 7.23. The van der Waals surface area contributed by atoms with Crippen LogP contribution in [0.25, 0.3) is 0 Å². The summed E-state index contributed by atoms with van der Waals surface area (Å²) in [5.74, 6) is 0.880. The van der Waals surface area contributed by atoms with Crippen LogP contribution in [0.4, 0.5) is 0 Å². The molecule has 1 aromatic heterocycles. The molecule has 0 radical (unpaired) electrons. The number of amides is 1. The summed E-state index contributed by atoms with van der Waals surface area (Å²) in [5, 5.41) is 7.07. The summed E-state index contributed by atoms with van der Waals surface area (Å²) >= 11 is 0. The van der Waals surface area contributed by atoms with Crippen LogP contribution in [-0.2, 0) is 21.4 Å². The van der Waals surface area contributed by atoms with Crippen molar-refractivity contribution in [1.29, 1.82) is 0 Å². The molecule has 0 unspecified atom stereocenters. The topological polar surface area (TPSA) is 84.3 Å². The summed E-state index contributed by atoms with van der Waals surface area (Å²) in [6.07, 6.45) is 5.98. The molecule has 1 aliphatic carbocycles. The Bertz CT molecular complexity index is 659. The van der Waals surface area contributed by atoms with E-state index in [1.165, 1.54) is 0 Å². The lowest BCUT2D eigenvalue weighted by atomic mass is 9.61. The molecule has 1 aromatic rings. The van der Waals surface area contributed by atoms with Gasteiger partial charge in [-0.05, 0) is 37.2 Å². The number of nitrogens with zero attached hydrogens (tertiary/aromatic N) is 3. The second-order valence-electron chi connectivity index (χ2n) is 6.79. The zero-order valence-corrected chi connectivity index (χ0v) is 14.9. The van der Waals surface area contributed by atoms with E-state index in [2.05, 4.69) is 10.4 Å². The number of fused-ring (bicyclic) bond motifs is 1. The van der Waals surface area contributed by atoms with Crippen LogP contribution in [0.5, 0.6) is 0 Å². The number of nitrogens with one attached hydrogen (secondary N) is 1. The van der Waals surface area contributed by atoms with E-state index in [4.69, 9.17) is 0 Å². The average Bonchev–Trinajstić information content (AvgIpc) is 3.01. The molecule has 2 aliphatic rings. The molecule has 3 rings (SSSR count). The minimum absolute atomic E-state index is 0.0488. The van der Waals surface area contributed by atoms with Crippen LogP contribution in [0.15, 0.2) is 18.5 Å². The van der Waals surface area contributed by atoms with E-state index in [0.29, 0.717) is 38.5 Å². The van der Waals surface area contributed by atoms with Gasteiger partial charge in [0.25, 0.3) is 0 Å². The van der Waals surface area contributed by atoms with E-state index in [0.717, 1.165) is 12.8 Å². The SMILES string of the molecule is CCCS(=O)(=O)N1CC[C@@H]2C[C@@H](C(=O)NCCn3cccn3)[C@@H]2C1. The first-order chi connectivity index (χ1) is 11.5. The summed E-state index contributed by atoms with van der Waals surface area (Å²) in [4.78, 5) is 12.4. The molecule has 1 saturated heterocycles. The van der Waals surface area contributed by atoms with Gasteiger partial charge in [-0.2, -0.15) is 5.10 Å². The maximum Gasteiger partial charge on any atom is 0.223 e. The van der Waals surface area contributed by atoms with Crippen molar-refractivity contribution in [3.05, 3.63) is 18.5 Å². The second-order valence-corrected chi connectivity index (χ2v) is 8.88. The lowest BCUT2D eigenvalue weighted by Gasteiger charge is -2.49. The number of piperidine rings is 1. The number of rotatable bonds is 7. The highest BCUT2D eigenvalue weighted by Gasteiger charge is 2.49. The van der Waals surface area contributed by atoms with Gasteiger partial charge in [0.15, 0.2) is 0 Å². The Morgan fingerprint density at radius 3 is 2.96 bits per heavy atom. The van der Waals surface area contributed by atoms with Gasteiger partial charge in [0.2, 0.25) is 15.9 Å². The van der Waals surface area contributed by atoms with Gasteiger partial charge < -0.3 is 5.32 Å². The molecule has 1 N–H and O–H groups in total. The Balaban J connectivity index is 1.50. The molecule has 7 nitrogen and oxygen atoms in total. The number of hydrogen-bond acceptors (Lipinski definition) is 4. The third-order valence-corrected chi connectivity index (χ3v) is 7.28. The molecule has 2 heterocycles. The number of carbonyl (C=O) groups excluding carboxylic acids is 1. The van der Waals surface area contributed by atoms with Gasteiger partial charge in [-0.15, -0.1) is 0 Å². The van der Waals surface area contributed by atoms with Crippen molar-refractivity contribution in [3.8, 4) is 0 Å². The minimum atomic E-state index is -3.16. The monoisotopic (exact) mass is 354 g/mol. The first-order valence-electron chi connectivity index (χ1n) is 8.74. The molecule has 0 spiro atoms. The highest BCUT2D eigenvalue weighted by molar-refractivity contribution is 7.89. The van der Waals surface area contributed by atoms with Gasteiger partial charge in [0.1, 0.15) is 0 Å². The third kappa shape index (κ3) is 3.64. The standard InChI is InChI=1S/C16H26N4O3S/c1-2-10-24(22,23)20-8-4-13-11-14(15(13)12-20)16(21)17-6-9-19-7-3-5-18-19/h3,5,7,13-15H,2,4,6,8-12H2,1H3,(H,17,21)/t13-,14-,15-/m1/s1. The van der Waals surface area contributed by atoms with Crippen LogP contribution in [0.2, 0.25) is 0 Å². The maximum atomic E-state index is 12.4. The van der Waals surface area contributed by atoms with Gasteiger partial charge in [-0.3, -0.25) is 9.48 Å². The third-order valence-electron chi connectivity index (χ3n) is 5.23. The van der Waals surface area contributed by atoms with Gasteiger partial charge in [0, 0.05) is 37.9 Å². The van der Waals surface area contributed by atoms with Crippen LogP contribution in [0, 0.1) is 17.8 Å². The summed E-state index contributed by atoms with van der Waals surface area (Å²) in [7, 11) is -3.16. The largest absolute Gasteiger partial charge is 0.354 e. The fraction of sp³-hybridized carbons (Fsp3) is 0.750. The highest BCUT2D eigenvalue weighted by Crippen LogP contribution is 2.46. The average molecular weight is 354 g/mol. The number of hydrogen-bond donors (Lipinski definition) is 1. The van der Waals surface area contributed by atoms with Crippen molar-refractivity contribution < 1.29 is 13.2 Å². The molecule has 1 saturated carbocycles. The van der Waals surface area contributed by atoms with Crippen molar-refractivity contribution in [2.75, 3.05) is 25.4 Å². The van der Waals surface area contributed by atoms with E-state index in [1.807, 2.05) is 19.2 Å². The van der Waals surface area contributed by atoms with Crippen LogP contribution in [0.3, 0.4) is 0 Å². The van der Waals surface area contributed by atoms with Gasteiger partial charge in [0.05, 0.1) is 12.3 Å². The molecule has 1 aliphatic heterocycles. The normalized spacial score (nSPS) is 27.3. The minimum Gasteiger partial charge on any atom is -0.354 e. The Morgan fingerprint density at radius 2 is 2.25 bits per heavy atom. The van der Waals surface area contributed by atoms with Crippen molar-refractivity contribution in [3.63, 3.8) is 0 Å². The fourth-order valence-electron chi connectivity index (χ4n) is 3.85. The van der Waals surface area contributed by atoms with Crippen LogP contribution < -0.4 is 5.32 Å². The van der Waals surface area contributed by atoms with E-state index in [-0.39, 0.29) is 23.5 Å². The van der Waals surface area contributed by atoms with Crippen molar-refractivity contribution in [1.82, 2.24) is 19.4 Å². The summed E-state index contributed by atoms with van der Waals surface area (Å²) in [6, 6.07) is 1.85. The highest BCUT2D eigenvalue weighted by atomic mass is 32.2. The van der Waals surface area contributed by atoms with E-state index in [1.54, 1.807) is 15.2 Å². The number of sulfonamides is 1. The van der Waals surface area contributed by atoms with E-state index < -0.39 is 10.0 Å². The van der Waals surface area contributed by atoms with Crippen LogP contribution in [0.1, 0.15) is 26.2 Å². The maximum absolute atomic E-state index is 12.4. The van der Waals surface area contributed by atoms with Crippen molar-refractivity contribution in [2.45, 2.75) is 32.7 Å². The summed E-state index contributed by atoms with van der Waals surface area (Å²) in [5.41, 5.74) is 0. The van der Waals surface area contributed by atoms with Gasteiger partial charge in [-0.1, -0.05) is 6.92 Å². The van der Waals surface area contributed by atoms with Gasteiger partial charge >= 0.3 is 0 Å². The lowest BCUT2D eigenvalue weighted by molar-refractivity contribution is -0.135. The molecular formula is C16H26N4O3S. The van der Waals surface area contributed by atoms with Crippen molar-refractivity contribution >= 4 is 15.9 Å². The molecule has 8 heteroatoms. The fourth-order valence-corrected chi connectivity index (χ4v) is 5.41. The van der Waals surface area contributed by atoms with E-state index >= 15 is 0 Å². The summed E-state index contributed by atoms with van der Waals surface area (Å²) in [6.45, 7) is 4.19. The van der Waals surface area contributed by atoms with Crippen molar-refractivity contribution in [2.24, 2.45) is 17.8 Å². The zero-order chi connectivity index (χ0) is 17.2. The smallest absolute Gasteiger partial charge is 0.223 e. The molecular weight excluding hydrogens is 328 g/mol. The van der Waals surface area contributed by atoms with Crippen LogP contribution >= 0.6 is 0 Å². The first-order valence-corrected chi connectivity index (χ1v) is 10.3. The predicted octanol–water partition coefficient (Wildman–Crippen LogP) is 0.697. The number of carbonyl (C=O) groups is 1. The quantitative estimate of drug-likeness (QED) is 0.781. The number of aromatic nitrogens is 2. The zero-order valence-electron chi connectivity index (χ0n) is 14.1. The molecule has 24 heavy (non-hydrogen) atoms.